The molecular formula is C12H16N2O2. The van der Waals surface area contributed by atoms with Gasteiger partial charge in [0, 0.05) is 6.04 Å². The summed E-state index contributed by atoms with van der Waals surface area (Å²) in [5.74, 6) is 0.171. The number of benzene rings is 1. The highest BCUT2D eigenvalue weighted by atomic mass is 16.3. The van der Waals surface area contributed by atoms with Crippen LogP contribution < -0.4 is 10.2 Å². The molecule has 2 N–H and O–H groups in total. The number of para-hydroxylation sites is 1. The summed E-state index contributed by atoms with van der Waals surface area (Å²) in [7, 11) is 0. The minimum atomic E-state index is -0.263. The number of nitrogens with zero attached hydrogens (tertiary/aromatic N) is 1. The first-order chi connectivity index (χ1) is 7.52. The monoisotopic (exact) mass is 220 g/mol. The molecule has 0 saturated heterocycles. The van der Waals surface area contributed by atoms with Crippen molar-refractivity contribution in [1.82, 2.24) is 0 Å². The third-order valence-corrected chi connectivity index (χ3v) is 2.88. The van der Waals surface area contributed by atoms with Crippen LogP contribution in [0.3, 0.4) is 0 Å². The second-order valence-corrected chi connectivity index (χ2v) is 4.34. The number of fused-ring (bicyclic) bond motifs is 1. The highest BCUT2D eigenvalue weighted by Crippen LogP contribution is 2.40. The average molecular weight is 220 g/mol. The Hall–Kier alpha value is -1.71. The Morgan fingerprint density at radius 1 is 1.44 bits per heavy atom. The molecule has 1 amide bonds. The van der Waals surface area contributed by atoms with E-state index in [2.05, 4.69) is 5.32 Å². The van der Waals surface area contributed by atoms with E-state index < -0.39 is 0 Å². The Morgan fingerprint density at radius 3 is 2.75 bits per heavy atom. The summed E-state index contributed by atoms with van der Waals surface area (Å²) in [5, 5.41) is 12.7. The molecule has 0 saturated carbocycles. The highest BCUT2D eigenvalue weighted by Gasteiger charge is 2.32. The fourth-order valence-electron chi connectivity index (χ4n) is 2.17. The molecule has 1 aromatic rings. The molecule has 86 valence electrons. The fourth-order valence-corrected chi connectivity index (χ4v) is 2.17. The van der Waals surface area contributed by atoms with E-state index in [1.807, 2.05) is 25.7 Å². The zero-order valence-electron chi connectivity index (χ0n) is 9.69. The predicted molar refractivity (Wildman–Crippen MR) is 63.8 cm³/mol. The Labute approximate surface area is 94.9 Å². The first-order valence-electron chi connectivity index (χ1n) is 5.43. The maximum absolute atomic E-state index is 11.7. The SMILES string of the molecule is CC(C)N1c2c(O)cccc2NC(=O)C1C. The van der Waals surface area contributed by atoms with E-state index in [0.29, 0.717) is 11.4 Å². The van der Waals surface area contributed by atoms with Crippen LogP contribution in [0.1, 0.15) is 20.8 Å². The Balaban J connectivity index is 2.58. The summed E-state index contributed by atoms with van der Waals surface area (Å²) in [6.07, 6.45) is 0. The van der Waals surface area contributed by atoms with Crippen LogP contribution in [-0.4, -0.2) is 23.1 Å². The van der Waals surface area contributed by atoms with Crippen molar-refractivity contribution in [1.29, 1.82) is 0 Å². The molecule has 0 bridgehead atoms. The van der Waals surface area contributed by atoms with Gasteiger partial charge in [0.15, 0.2) is 0 Å². The zero-order chi connectivity index (χ0) is 11.9. The van der Waals surface area contributed by atoms with Crippen molar-refractivity contribution < 1.29 is 9.90 Å². The number of phenols is 1. The van der Waals surface area contributed by atoms with Gasteiger partial charge < -0.3 is 15.3 Å². The van der Waals surface area contributed by atoms with Crippen molar-refractivity contribution in [3.05, 3.63) is 18.2 Å². The molecule has 0 fully saturated rings. The summed E-state index contributed by atoms with van der Waals surface area (Å²) in [6.45, 7) is 5.85. The Kier molecular flexibility index (Phi) is 2.50. The van der Waals surface area contributed by atoms with Gasteiger partial charge in [-0.1, -0.05) is 6.07 Å². The van der Waals surface area contributed by atoms with Gasteiger partial charge >= 0.3 is 0 Å². The van der Waals surface area contributed by atoms with Gasteiger partial charge in [0.1, 0.15) is 17.5 Å². The lowest BCUT2D eigenvalue weighted by Crippen LogP contribution is -2.49. The molecule has 0 aliphatic carbocycles. The topological polar surface area (TPSA) is 52.6 Å². The van der Waals surface area contributed by atoms with Crippen LogP contribution in [0.25, 0.3) is 0 Å². The summed E-state index contributed by atoms with van der Waals surface area (Å²) >= 11 is 0. The maximum atomic E-state index is 11.7. The lowest BCUT2D eigenvalue weighted by atomic mass is 10.1. The maximum Gasteiger partial charge on any atom is 0.246 e. The number of carbonyl (C=O) groups excluding carboxylic acids is 1. The number of amides is 1. The first kappa shape index (κ1) is 10.8. The molecule has 4 nitrogen and oxygen atoms in total. The number of carbonyl (C=O) groups is 1. The molecule has 1 heterocycles. The zero-order valence-corrected chi connectivity index (χ0v) is 9.69. The number of nitrogens with one attached hydrogen (secondary N) is 1. The van der Waals surface area contributed by atoms with E-state index in [-0.39, 0.29) is 23.7 Å². The van der Waals surface area contributed by atoms with Crippen LogP contribution in [0.2, 0.25) is 0 Å². The molecule has 1 aliphatic heterocycles. The van der Waals surface area contributed by atoms with Gasteiger partial charge in [-0.2, -0.15) is 0 Å². The smallest absolute Gasteiger partial charge is 0.246 e. The van der Waals surface area contributed by atoms with E-state index >= 15 is 0 Å². The molecule has 0 radical (unpaired) electrons. The van der Waals surface area contributed by atoms with E-state index in [0.717, 1.165) is 0 Å². The van der Waals surface area contributed by atoms with Crippen molar-refractivity contribution in [2.45, 2.75) is 32.9 Å². The number of rotatable bonds is 1. The summed E-state index contributed by atoms with van der Waals surface area (Å²) in [6, 6.07) is 5.06. The molecule has 0 spiro atoms. The summed E-state index contributed by atoms with van der Waals surface area (Å²) in [4.78, 5) is 13.7. The van der Waals surface area contributed by atoms with E-state index in [1.165, 1.54) is 0 Å². The number of anilines is 2. The van der Waals surface area contributed by atoms with Crippen LogP contribution in [-0.2, 0) is 4.79 Å². The van der Waals surface area contributed by atoms with Crippen LogP contribution in [0.5, 0.6) is 5.75 Å². The Bertz CT molecular complexity index is 429. The standard InChI is InChI=1S/C12H16N2O2/c1-7(2)14-8(3)12(16)13-9-5-4-6-10(15)11(9)14/h4-8,15H,1-3H3,(H,13,16). The third kappa shape index (κ3) is 1.50. The lowest BCUT2D eigenvalue weighted by Gasteiger charge is -2.39. The van der Waals surface area contributed by atoms with Gasteiger partial charge in [-0.05, 0) is 32.9 Å². The van der Waals surface area contributed by atoms with Gasteiger partial charge in [0.25, 0.3) is 0 Å². The third-order valence-electron chi connectivity index (χ3n) is 2.88. The number of phenolic OH excluding ortho intramolecular Hbond substituents is 1. The summed E-state index contributed by atoms with van der Waals surface area (Å²) in [5.41, 5.74) is 1.39. The minimum Gasteiger partial charge on any atom is -0.506 e. The van der Waals surface area contributed by atoms with Gasteiger partial charge in [-0.3, -0.25) is 4.79 Å². The van der Waals surface area contributed by atoms with Gasteiger partial charge in [0.2, 0.25) is 5.91 Å². The quantitative estimate of drug-likeness (QED) is 0.760. The van der Waals surface area contributed by atoms with Crippen molar-refractivity contribution in [2.24, 2.45) is 0 Å². The van der Waals surface area contributed by atoms with Crippen LogP contribution in [0, 0.1) is 0 Å². The number of hydrogen-bond donors (Lipinski definition) is 2. The number of aromatic hydroxyl groups is 1. The van der Waals surface area contributed by atoms with E-state index in [9.17, 15) is 9.90 Å². The second-order valence-electron chi connectivity index (χ2n) is 4.34. The molecular weight excluding hydrogens is 204 g/mol. The molecule has 16 heavy (non-hydrogen) atoms. The van der Waals surface area contributed by atoms with Crippen molar-refractivity contribution in [2.75, 3.05) is 10.2 Å². The van der Waals surface area contributed by atoms with E-state index in [4.69, 9.17) is 0 Å². The second kappa shape index (κ2) is 3.70. The molecule has 1 aliphatic rings. The fraction of sp³-hybridized carbons (Fsp3) is 0.417. The Morgan fingerprint density at radius 2 is 2.12 bits per heavy atom. The van der Waals surface area contributed by atoms with Crippen LogP contribution in [0.15, 0.2) is 18.2 Å². The van der Waals surface area contributed by atoms with Crippen molar-refractivity contribution in [3.8, 4) is 5.75 Å². The molecule has 1 aromatic carbocycles. The minimum absolute atomic E-state index is 0.0354. The average Bonchev–Trinajstić information content (AvgIpc) is 2.20. The number of hydrogen-bond acceptors (Lipinski definition) is 3. The van der Waals surface area contributed by atoms with Crippen molar-refractivity contribution in [3.63, 3.8) is 0 Å². The molecule has 2 rings (SSSR count). The first-order valence-corrected chi connectivity index (χ1v) is 5.43. The largest absolute Gasteiger partial charge is 0.506 e. The lowest BCUT2D eigenvalue weighted by molar-refractivity contribution is -0.117. The normalized spacial score (nSPS) is 19.6. The molecule has 1 unspecified atom stereocenters. The van der Waals surface area contributed by atoms with E-state index in [1.54, 1.807) is 18.2 Å². The van der Waals surface area contributed by atoms with Gasteiger partial charge in [0.05, 0.1) is 5.69 Å². The molecule has 4 heteroatoms. The predicted octanol–water partition coefficient (Wildman–Crippen LogP) is 1.95. The van der Waals surface area contributed by atoms with Gasteiger partial charge in [-0.25, -0.2) is 0 Å². The highest BCUT2D eigenvalue weighted by molar-refractivity contribution is 6.04. The van der Waals surface area contributed by atoms with Crippen LogP contribution >= 0.6 is 0 Å². The van der Waals surface area contributed by atoms with Crippen LogP contribution in [0.4, 0.5) is 11.4 Å². The molecule has 0 aromatic heterocycles. The van der Waals surface area contributed by atoms with Gasteiger partial charge in [-0.15, -0.1) is 0 Å². The summed E-state index contributed by atoms with van der Waals surface area (Å²) < 4.78 is 0. The molecule has 1 atom stereocenters. The van der Waals surface area contributed by atoms with Crippen molar-refractivity contribution >= 4 is 17.3 Å².